The van der Waals surface area contributed by atoms with Crippen LogP contribution in [0, 0.1) is 0 Å². The van der Waals surface area contributed by atoms with E-state index in [4.69, 9.17) is 5.11 Å². The van der Waals surface area contributed by atoms with Crippen LogP contribution in [0.25, 0.3) is 0 Å². The summed E-state index contributed by atoms with van der Waals surface area (Å²) in [6.45, 7) is 2.23. The summed E-state index contributed by atoms with van der Waals surface area (Å²) in [5, 5.41) is 8.31. The molecule has 12 heavy (non-hydrogen) atoms. The van der Waals surface area contributed by atoms with Gasteiger partial charge in [-0.25, -0.2) is 0 Å². The molecule has 0 fully saturated rings. The normalized spacial score (nSPS) is 11.8. The van der Waals surface area contributed by atoms with Crippen molar-refractivity contribution in [1.29, 1.82) is 0 Å². The molecule has 0 radical (unpaired) electrons. The molecule has 0 rings (SSSR count). The Morgan fingerprint density at radius 2 is 1.75 bits per heavy atom. The zero-order chi connectivity index (χ0) is 9.07. The predicted molar refractivity (Wildman–Crippen MR) is 54.3 cm³/mol. The molecule has 0 saturated heterocycles. The maximum Gasteiger partial charge on any atom is 0.0791 e. The van der Waals surface area contributed by atoms with Gasteiger partial charge < -0.3 is 5.11 Å². The fourth-order valence-electron chi connectivity index (χ4n) is 1.09. The number of aliphatic hydroxyl groups is 1. The minimum atomic E-state index is 1.06. The predicted octanol–water partition coefficient (Wildman–Crippen LogP) is 3.97. The smallest absolute Gasteiger partial charge is 0.0791 e. The lowest BCUT2D eigenvalue weighted by molar-refractivity contribution is 0.473. The molecule has 0 aliphatic heterocycles. The van der Waals surface area contributed by atoms with E-state index in [1.54, 1.807) is 6.08 Å². The molecule has 0 unspecified atom stereocenters. The molecule has 1 heteroatoms. The first-order valence-corrected chi connectivity index (χ1v) is 4.87. The van der Waals surface area contributed by atoms with Crippen LogP contribution in [-0.4, -0.2) is 5.11 Å². The number of aliphatic hydroxyl groups excluding tert-OH is 1. The second-order valence-electron chi connectivity index (χ2n) is 2.97. The van der Waals surface area contributed by atoms with Gasteiger partial charge in [-0.3, -0.25) is 0 Å². The van der Waals surface area contributed by atoms with E-state index in [1.165, 1.54) is 32.1 Å². The van der Waals surface area contributed by atoms with Gasteiger partial charge in [-0.15, -0.1) is 0 Å². The highest BCUT2D eigenvalue weighted by Gasteiger charge is 1.85. The van der Waals surface area contributed by atoms with Crippen molar-refractivity contribution in [1.82, 2.24) is 0 Å². The molecular formula is C11H20O. The molecule has 0 aliphatic carbocycles. The summed E-state index contributed by atoms with van der Waals surface area (Å²) < 4.78 is 0. The molecule has 1 nitrogen and oxygen atoms in total. The van der Waals surface area contributed by atoms with Crippen molar-refractivity contribution in [2.75, 3.05) is 0 Å². The third-order valence-corrected chi connectivity index (χ3v) is 1.81. The van der Waals surface area contributed by atoms with E-state index in [0.29, 0.717) is 0 Å². The Hall–Kier alpha value is -0.720. The lowest BCUT2D eigenvalue weighted by atomic mass is 10.1. The maximum absolute atomic E-state index is 8.31. The number of unbranched alkanes of at least 4 members (excludes halogenated alkanes) is 5. The van der Waals surface area contributed by atoms with Crippen LogP contribution in [0.1, 0.15) is 45.4 Å². The molecule has 0 amide bonds. The fraction of sp³-hybridized carbons (Fsp3) is 0.636. The highest BCUT2D eigenvalue weighted by molar-refractivity contribution is 4.98. The molecule has 70 valence electrons. The topological polar surface area (TPSA) is 20.2 Å². The first-order valence-electron chi connectivity index (χ1n) is 4.87. The largest absolute Gasteiger partial charge is 0.516 e. The molecule has 1 N–H and O–H groups in total. The van der Waals surface area contributed by atoms with Gasteiger partial charge in [0.15, 0.2) is 0 Å². The van der Waals surface area contributed by atoms with Gasteiger partial charge in [0.1, 0.15) is 0 Å². The fourth-order valence-corrected chi connectivity index (χ4v) is 1.09. The summed E-state index contributed by atoms with van der Waals surface area (Å²) in [5.41, 5.74) is 0. The minimum absolute atomic E-state index is 1.06. The van der Waals surface area contributed by atoms with Crippen LogP contribution in [0.2, 0.25) is 0 Å². The molecule has 0 heterocycles. The summed E-state index contributed by atoms with van der Waals surface area (Å²) in [7, 11) is 0. The summed E-state index contributed by atoms with van der Waals surface area (Å²) >= 11 is 0. The zero-order valence-electron chi connectivity index (χ0n) is 8.00. The first-order chi connectivity index (χ1) is 5.91. The van der Waals surface area contributed by atoms with Gasteiger partial charge in [-0.1, -0.05) is 44.8 Å². The van der Waals surface area contributed by atoms with Gasteiger partial charge in [0.05, 0.1) is 6.26 Å². The van der Waals surface area contributed by atoms with Crippen LogP contribution in [0.15, 0.2) is 24.5 Å². The van der Waals surface area contributed by atoms with Crippen LogP contribution in [0.3, 0.4) is 0 Å². The second-order valence-corrected chi connectivity index (χ2v) is 2.97. The number of hydrogen-bond acceptors (Lipinski definition) is 1. The van der Waals surface area contributed by atoms with E-state index in [1.807, 2.05) is 6.08 Å². The Balaban J connectivity index is 3.00. The Bertz CT molecular complexity index is 125. The Morgan fingerprint density at radius 1 is 1.00 bits per heavy atom. The van der Waals surface area contributed by atoms with Crippen LogP contribution in [-0.2, 0) is 0 Å². The van der Waals surface area contributed by atoms with Gasteiger partial charge in [0.2, 0.25) is 0 Å². The molecule has 0 atom stereocenters. The minimum Gasteiger partial charge on any atom is -0.516 e. The van der Waals surface area contributed by atoms with E-state index in [9.17, 15) is 0 Å². The summed E-state index contributed by atoms with van der Waals surface area (Å²) in [5.74, 6) is 0. The lowest BCUT2D eigenvalue weighted by Crippen LogP contribution is -1.75. The van der Waals surface area contributed by atoms with Crippen LogP contribution in [0.4, 0.5) is 0 Å². The number of allylic oxidation sites excluding steroid dienone is 3. The Labute approximate surface area is 75.8 Å². The summed E-state index contributed by atoms with van der Waals surface area (Å²) in [6.07, 6.45) is 14.5. The van der Waals surface area contributed by atoms with E-state index in [2.05, 4.69) is 13.0 Å². The standard InChI is InChI=1S/C11H20O/c1-2-3-4-5-6-7-8-9-10-11-12/h8-12H,2-7H2,1H3. The number of hydrogen-bond donors (Lipinski definition) is 1. The van der Waals surface area contributed by atoms with Crippen molar-refractivity contribution in [3.63, 3.8) is 0 Å². The highest BCUT2D eigenvalue weighted by Crippen LogP contribution is 2.05. The molecule has 0 bridgehead atoms. The Kier molecular flexibility index (Phi) is 9.66. The van der Waals surface area contributed by atoms with Crippen LogP contribution < -0.4 is 0 Å². The summed E-state index contributed by atoms with van der Waals surface area (Å²) in [6, 6.07) is 0. The van der Waals surface area contributed by atoms with Gasteiger partial charge in [-0.05, 0) is 18.9 Å². The van der Waals surface area contributed by atoms with Gasteiger partial charge in [-0.2, -0.15) is 0 Å². The monoisotopic (exact) mass is 168 g/mol. The number of rotatable bonds is 7. The van der Waals surface area contributed by atoms with Gasteiger partial charge in [0.25, 0.3) is 0 Å². The van der Waals surface area contributed by atoms with Gasteiger partial charge in [0, 0.05) is 0 Å². The average Bonchev–Trinajstić information content (AvgIpc) is 2.10. The van der Waals surface area contributed by atoms with E-state index in [0.717, 1.165) is 12.7 Å². The summed E-state index contributed by atoms with van der Waals surface area (Å²) in [4.78, 5) is 0. The third-order valence-electron chi connectivity index (χ3n) is 1.81. The van der Waals surface area contributed by atoms with Crippen molar-refractivity contribution in [3.8, 4) is 0 Å². The SMILES string of the molecule is CCCCCCCC=CC=CO. The first kappa shape index (κ1) is 11.3. The van der Waals surface area contributed by atoms with Crippen LogP contribution in [0.5, 0.6) is 0 Å². The maximum atomic E-state index is 8.31. The molecule has 0 aliphatic rings. The molecule has 0 saturated carbocycles. The molecule has 0 spiro atoms. The van der Waals surface area contributed by atoms with E-state index >= 15 is 0 Å². The van der Waals surface area contributed by atoms with Crippen molar-refractivity contribution >= 4 is 0 Å². The highest BCUT2D eigenvalue weighted by atomic mass is 16.2. The molecule has 0 aromatic carbocycles. The third kappa shape index (κ3) is 9.28. The zero-order valence-corrected chi connectivity index (χ0v) is 8.00. The van der Waals surface area contributed by atoms with Crippen molar-refractivity contribution < 1.29 is 5.11 Å². The quantitative estimate of drug-likeness (QED) is 0.346. The molecule has 0 aromatic heterocycles. The molecule has 0 aromatic rings. The average molecular weight is 168 g/mol. The van der Waals surface area contributed by atoms with Crippen molar-refractivity contribution in [2.24, 2.45) is 0 Å². The van der Waals surface area contributed by atoms with Gasteiger partial charge >= 0.3 is 0 Å². The molecular weight excluding hydrogens is 148 g/mol. The van der Waals surface area contributed by atoms with Crippen molar-refractivity contribution in [2.45, 2.75) is 45.4 Å². The van der Waals surface area contributed by atoms with E-state index in [-0.39, 0.29) is 0 Å². The Morgan fingerprint density at radius 3 is 2.42 bits per heavy atom. The van der Waals surface area contributed by atoms with E-state index < -0.39 is 0 Å². The second kappa shape index (κ2) is 10.3. The van der Waals surface area contributed by atoms with Crippen LogP contribution >= 0.6 is 0 Å². The lowest BCUT2D eigenvalue weighted by Gasteiger charge is -1.95. The van der Waals surface area contributed by atoms with Crippen molar-refractivity contribution in [3.05, 3.63) is 24.5 Å².